The minimum Gasteiger partial charge on any atom is -0.466 e. The zero-order valence-corrected chi connectivity index (χ0v) is 18.2. The molecule has 172 valence electrons. The van der Waals surface area contributed by atoms with Gasteiger partial charge in [-0.2, -0.15) is 0 Å². The lowest BCUT2D eigenvalue weighted by atomic mass is 10.0. The standard InChI is InChI=1S/C22H33N3O6/c1-3-30-21(28)16(2)14-18(20(23)27)25-19(26)12-8-5-9-13-24-22(29)31-15-17-10-6-4-7-11-17/h4,6-7,10-11,16,18H,3,5,8-9,12-15H2,1-2H3,(H2,23,27)(H,24,29)(H,25,26)/t16-,18-/m1/s1. The van der Waals surface area contributed by atoms with Crippen molar-refractivity contribution in [2.24, 2.45) is 11.7 Å². The monoisotopic (exact) mass is 435 g/mol. The molecule has 0 aromatic heterocycles. The number of nitrogens with two attached hydrogens (primary N) is 1. The number of nitrogens with one attached hydrogen (secondary N) is 2. The maximum absolute atomic E-state index is 12.1. The molecule has 0 aliphatic heterocycles. The van der Waals surface area contributed by atoms with Gasteiger partial charge in [0.2, 0.25) is 11.8 Å². The summed E-state index contributed by atoms with van der Waals surface area (Å²) in [5, 5.41) is 5.24. The molecule has 0 unspecified atom stereocenters. The minimum absolute atomic E-state index is 0.0922. The molecule has 0 fully saturated rings. The van der Waals surface area contributed by atoms with E-state index in [0.29, 0.717) is 25.8 Å². The molecule has 4 N–H and O–H groups in total. The first-order valence-corrected chi connectivity index (χ1v) is 10.5. The number of hydrogen-bond acceptors (Lipinski definition) is 6. The second-order valence-electron chi connectivity index (χ2n) is 7.21. The molecule has 0 radical (unpaired) electrons. The molecule has 0 heterocycles. The molecule has 9 heteroatoms. The van der Waals surface area contributed by atoms with Crippen LogP contribution in [0.1, 0.15) is 51.5 Å². The summed E-state index contributed by atoms with van der Waals surface area (Å²) in [7, 11) is 0. The van der Waals surface area contributed by atoms with Crippen LogP contribution in [0.3, 0.4) is 0 Å². The largest absolute Gasteiger partial charge is 0.466 e. The minimum atomic E-state index is -0.923. The Balaban J connectivity index is 2.17. The van der Waals surface area contributed by atoms with E-state index in [4.69, 9.17) is 15.2 Å². The molecular formula is C22H33N3O6. The van der Waals surface area contributed by atoms with E-state index >= 15 is 0 Å². The van der Waals surface area contributed by atoms with E-state index in [1.54, 1.807) is 13.8 Å². The Morgan fingerprint density at radius 1 is 1.03 bits per heavy atom. The molecular weight excluding hydrogens is 402 g/mol. The summed E-state index contributed by atoms with van der Waals surface area (Å²) in [6.45, 7) is 4.22. The van der Waals surface area contributed by atoms with Crippen LogP contribution in [0.15, 0.2) is 30.3 Å². The Bertz CT molecular complexity index is 710. The van der Waals surface area contributed by atoms with Gasteiger partial charge in [-0.15, -0.1) is 0 Å². The Labute approximate surface area is 183 Å². The van der Waals surface area contributed by atoms with Crippen LogP contribution in [-0.2, 0) is 30.5 Å². The van der Waals surface area contributed by atoms with Crippen molar-refractivity contribution in [2.75, 3.05) is 13.2 Å². The van der Waals surface area contributed by atoms with Crippen LogP contribution < -0.4 is 16.4 Å². The number of ether oxygens (including phenoxy) is 2. The van der Waals surface area contributed by atoms with Gasteiger partial charge in [-0.3, -0.25) is 14.4 Å². The van der Waals surface area contributed by atoms with Gasteiger partial charge in [-0.1, -0.05) is 43.7 Å². The van der Waals surface area contributed by atoms with Crippen molar-refractivity contribution in [1.82, 2.24) is 10.6 Å². The summed E-state index contributed by atoms with van der Waals surface area (Å²) in [6.07, 6.45) is 1.82. The third-order valence-electron chi connectivity index (χ3n) is 4.52. The highest BCUT2D eigenvalue weighted by atomic mass is 16.5. The second kappa shape index (κ2) is 14.8. The van der Waals surface area contributed by atoms with Crippen molar-refractivity contribution < 1.29 is 28.7 Å². The van der Waals surface area contributed by atoms with E-state index in [1.165, 1.54) is 0 Å². The van der Waals surface area contributed by atoms with Crippen molar-refractivity contribution in [1.29, 1.82) is 0 Å². The number of primary amides is 1. The summed E-state index contributed by atoms with van der Waals surface area (Å²) < 4.78 is 10.0. The number of hydrogen-bond donors (Lipinski definition) is 3. The van der Waals surface area contributed by atoms with Crippen LogP contribution in [0.2, 0.25) is 0 Å². The summed E-state index contributed by atoms with van der Waals surface area (Å²) in [6, 6.07) is 8.46. The molecule has 0 saturated carbocycles. The number of alkyl carbamates (subject to hydrolysis) is 1. The number of esters is 1. The Hall–Kier alpha value is -3.10. The lowest BCUT2D eigenvalue weighted by Gasteiger charge is -2.18. The van der Waals surface area contributed by atoms with Gasteiger partial charge >= 0.3 is 12.1 Å². The number of unbranched alkanes of at least 4 members (excludes halogenated alkanes) is 2. The average Bonchev–Trinajstić information content (AvgIpc) is 2.74. The molecule has 0 spiro atoms. The van der Waals surface area contributed by atoms with Gasteiger partial charge in [-0.25, -0.2) is 4.79 Å². The highest BCUT2D eigenvalue weighted by molar-refractivity contribution is 5.87. The van der Waals surface area contributed by atoms with E-state index in [2.05, 4.69) is 10.6 Å². The molecule has 0 bridgehead atoms. The van der Waals surface area contributed by atoms with Gasteiger partial charge in [-0.05, 0) is 31.7 Å². The Kier molecular flexibility index (Phi) is 12.4. The van der Waals surface area contributed by atoms with Crippen molar-refractivity contribution in [3.05, 3.63) is 35.9 Å². The van der Waals surface area contributed by atoms with Crippen molar-refractivity contribution in [3.63, 3.8) is 0 Å². The van der Waals surface area contributed by atoms with Gasteiger partial charge in [0.05, 0.1) is 12.5 Å². The normalized spacial score (nSPS) is 12.3. The van der Waals surface area contributed by atoms with Gasteiger partial charge in [0.15, 0.2) is 0 Å². The maximum Gasteiger partial charge on any atom is 0.407 e. The van der Waals surface area contributed by atoms with Crippen LogP contribution in [0.4, 0.5) is 4.79 Å². The van der Waals surface area contributed by atoms with E-state index in [1.807, 2.05) is 30.3 Å². The molecule has 0 aliphatic rings. The number of rotatable bonds is 14. The van der Waals surface area contributed by atoms with E-state index in [-0.39, 0.29) is 32.0 Å². The molecule has 2 atom stereocenters. The first-order chi connectivity index (χ1) is 14.8. The quantitative estimate of drug-likeness (QED) is 0.302. The SMILES string of the molecule is CCOC(=O)[C@H](C)C[C@@H](NC(=O)CCCCCNC(=O)OCc1ccccc1)C(N)=O. The molecule has 31 heavy (non-hydrogen) atoms. The predicted molar refractivity (Wildman–Crippen MR) is 115 cm³/mol. The third kappa shape index (κ3) is 11.6. The Morgan fingerprint density at radius 3 is 2.39 bits per heavy atom. The van der Waals surface area contributed by atoms with Crippen LogP contribution >= 0.6 is 0 Å². The smallest absolute Gasteiger partial charge is 0.407 e. The summed E-state index contributed by atoms with van der Waals surface area (Å²) in [4.78, 5) is 47.0. The van der Waals surface area contributed by atoms with Crippen LogP contribution in [-0.4, -0.2) is 43.1 Å². The molecule has 1 aromatic carbocycles. The second-order valence-corrected chi connectivity index (χ2v) is 7.21. The summed E-state index contributed by atoms with van der Waals surface area (Å²) >= 11 is 0. The number of amides is 3. The van der Waals surface area contributed by atoms with Crippen molar-refractivity contribution in [2.45, 2.75) is 58.6 Å². The molecule has 1 rings (SSSR count). The van der Waals surface area contributed by atoms with Gasteiger partial charge in [0.25, 0.3) is 0 Å². The van der Waals surface area contributed by atoms with E-state index in [9.17, 15) is 19.2 Å². The highest BCUT2D eigenvalue weighted by Crippen LogP contribution is 2.09. The van der Waals surface area contributed by atoms with Crippen LogP contribution in [0.5, 0.6) is 0 Å². The van der Waals surface area contributed by atoms with Crippen molar-refractivity contribution in [3.8, 4) is 0 Å². The van der Waals surface area contributed by atoms with Crippen molar-refractivity contribution >= 4 is 23.9 Å². The average molecular weight is 436 g/mol. The molecule has 1 aromatic rings. The fourth-order valence-corrected chi connectivity index (χ4v) is 2.80. The first kappa shape index (κ1) is 25.9. The number of carbonyl (C=O) groups is 4. The van der Waals surface area contributed by atoms with E-state index in [0.717, 1.165) is 5.56 Å². The highest BCUT2D eigenvalue weighted by Gasteiger charge is 2.25. The lowest BCUT2D eigenvalue weighted by molar-refractivity contribution is -0.148. The predicted octanol–water partition coefficient (Wildman–Crippen LogP) is 2.03. The topological polar surface area (TPSA) is 137 Å². The molecule has 3 amide bonds. The molecule has 0 saturated heterocycles. The van der Waals surface area contributed by atoms with Crippen LogP contribution in [0.25, 0.3) is 0 Å². The third-order valence-corrected chi connectivity index (χ3v) is 4.52. The maximum atomic E-state index is 12.1. The Morgan fingerprint density at radius 2 is 1.74 bits per heavy atom. The first-order valence-electron chi connectivity index (χ1n) is 10.5. The van der Waals surface area contributed by atoms with Gasteiger partial charge in [0.1, 0.15) is 12.6 Å². The van der Waals surface area contributed by atoms with Gasteiger partial charge in [0, 0.05) is 13.0 Å². The van der Waals surface area contributed by atoms with Crippen LogP contribution in [0, 0.1) is 5.92 Å². The van der Waals surface area contributed by atoms with E-state index < -0.39 is 29.9 Å². The fourth-order valence-electron chi connectivity index (χ4n) is 2.80. The number of carbonyl (C=O) groups excluding carboxylic acids is 4. The molecule has 9 nitrogen and oxygen atoms in total. The summed E-state index contributed by atoms with van der Waals surface area (Å²) in [5.74, 6) is -1.99. The summed E-state index contributed by atoms with van der Waals surface area (Å²) in [5.41, 5.74) is 6.25. The zero-order chi connectivity index (χ0) is 23.1. The fraction of sp³-hybridized carbons (Fsp3) is 0.545. The zero-order valence-electron chi connectivity index (χ0n) is 18.2. The van der Waals surface area contributed by atoms with Gasteiger partial charge < -0.3 is 25.8 Å². The lowest BCUT2D eigenvalue weighted by Crippen LogP contribution is -2.46. The molecule has 0 aliphatic carbocycles. The number of benzene rings is 1.